The number of aromatic nitrogens is 3. The van der Waals surface area contributed by atoms with Crippen LogP contribution in [0.15, 0.2) is 22.4 Å². The summed E-state index contributed by atoms with van der Waals surface area (Å²) < 4.78 is 1.24. The Hall–Kier alpha value is -2.22. The van der Waals surface area contributed by atoms with Crippen LogP contribution in [0, 0.1) is 0 Å². The molecule has 0 aromatic carbocycles. The van der Waals surface area contributed by atoms with E-state index in [0.29, 0.717) is 11.4 Å². The normalized spacial score (nSPS) is 10.4. The summed E-state index contributed by atoms with van der Waals surface area (Å²) in [5, 5.41) is 14.4. The summed E-state index contributed by atoms with van der Waals surface area (Å²) >= 11 is 1.03. The van der Waals surface area contributed by atoms with Gasteiger partial charge in [0.05, 0.1) is 24.1 Å². The third-order valence-electron chi connectivity index (χ3n) is 2.42. The Bertz CT molecular complexity index is 662. The van der Waals surface area contributed by atoms with Gasteiger partial charge in [0.2, 0.25) is 5.01 Å². The fourth-order valence-electron chi connectivity index (χ4n) is 1.42. The van der Waals surface area contributed by atoms with E-state index in [1.807, 2.05) is 14.1 Å². The molecule has 0 atom stereocenters. The van der Waals surface area contributed by atoms with Crippen LogP contribution in [0.5, 0.6) is 0 Å². The monoisotopic (exact) mass is 280 g/mol. The van der Waals surface area contributed by atoms with Crippen LogP contribution < -0.4 is 10.5 Å². The summed E-state index contributed by atoms with van der Waals surface area (Å²) in [7, 11) is 3.64. The zero-order valence-corrected chi connectivity index (χ0v) is 11.2. The lowest BCUT2D eigenvalue weighted by Crippen LogP contribution is -2.24. The first kappa shape index (κ1) is 13.2. The topological polar surface area (TPSA) is 88.3 Å². The van der Waals surface area contributed by atoms with Crippen LogP contribution in [0.3, 0.4) is 0 Å². The minimum Gasteiger partial charge on any atom is -0.476 e. The molecule has 7 nitrogen and oxygen atoms in total. The Morgan fingerprint density at radius 1 is 1.53 bits per heavy atom. The van der Waals surface area contributed by atoms with Gasteiger partial charge in [-0.2, -0.15) is 5.10 Å². The number of carboxylic acids is 1. The van der Waals surface area contributed by atoms with Crippen molar-refractivity contribution in [2.75, 3.05) is 19.0 Å². The molecule has 2 heterocycles. The van der Waals surface area contributed by atoms with Gasteiger partial charge in [0.1, 0.15) is 0 Å². The van der Waals surface area contributed by atoms with Crippen molar-refractivity contribution in [1.82, 2.24) is 14.8 Å². The molecule has 0 unspecified atom stereocenters. The Balaban J connectivity index is 2.23. The molecule has 2 rings (SSSR count). The summed E-state index contributed by atoms with van der Waals surface area (Å²) in [5.41, 5.74) is 0.969. The smallest absolute Gasteiger partial charge is 0.365 e. The zero-order chi connectivity index (χ0) is 14.0. The van der Waals surface area contributed by atoms with Crippen LogP contribution in [0.1, 0.15) is 15.5 Å². The van der Waals surface area contributed by atoms with Crippen LogP contribution in [0.2, 0.25) is 0 Å². The third-order valence-corrected chi connectivity index (χ3v) is 3.30. The highest BCUT2D eigenvalue weighted by Crippen LogP contribution is 2.10. The number of carboxylic acid groups (broad SMARTS) is 1. The average molecular weight is 280 g/mol. The lowest BCUT2D eigenvalue weighted by Gasteiger charge is -2.11. The maximum atomic E-state index is 11.8. The second-order valence-electron chi connectivity index (χ2n) is 4.05. The van der Waals surface area contributed by atoms with E-state index in [2.05, 4.69) is 10.1 Å². The van der Waals surface area contributed by atoms with Crippen molar-refractivity contribution in [1.29, 1.82) is 0 Å². The molecule has 2 aromatic heterocycles. The molecule has 2 aromatic rings. The number of nitrogens with zero attached hydrogens (tertiary/aromatic N) is 4. The van der Waals surface area contributed by atoms with Crippen molar-refractivity contribution < 1.29 is 9.90 Å². The Morgan fingerprint density at radius 3 is 2.79 bits per heavy atom. The van der Waals surface area contributed by atoms with Gasteiger partial charge in [-0.05, 0) is 0 Å². The number of thiazole rings is 1. The number of rotatable bonds is 4. The van der Waals surface area contributed by atoms with Gasteiger partial charge in [0, 0.05) is 25.5 Å². The summed E-state index contributed by atoms with van der Waals surface area (Å²) in [6, 6.07) is 1.47. The number of aromatic carboxylic acids is 1. The zero-order valence-electron chi connectivity index (χ0n) is 10.4. The number of anilines is 1. The Labute approximate surface area is 112 Å². The molecule has 19 heavy (non-hydrogen) atoms. The van der Waals surface area contributed by atoms with Crippen LogP contribution in [-0.4, -0.2) is 39.9 Å². The first-order valence-corrected chi connectivity index (χ1v) is 6.27. The van der Waals surface area contributed by atoms with E-state index in [-0.39, 0.29) is 17.1 Å². The number of carbonyl (C=O) groups is 1. The van der Waals surface area contributed by atoms with E-state index < -0.39 is 5.97 Å². The van der Waals surface area contributed by atoms with Crippen molar-refractivity contribution >= 4 is 23.0 Å². The van der Waals surface area contributed by atoms with Crippen molar-refractivity contribution in [3.05, 3.63) is 38.7 Å². The summed E-state index contributed by atoms with van der Waals surface area (Å²) in [6.07, 6.45) is 1.58. The minimum absolute atomic E-state index is 0.00737. The first-order chi connectivity index (χ1) is 8.97. The van der Waals surface area contributed by atoms with Crippen molar-refractivity contribution in [3.8, 4) is 0 Å². The highest BCUT2D eigenvalue weighted by atomic mass is 32.1. The van der Waals surface area contributed by atoms with Crippen LogP contribution in [0.25, 0.3) is 0 Å². The van der Waals surface area contributed by atoms with Gasteiger partial charge in [0.15, 0.2) is 0 Å². The van der Waals surface area contributed by atoms with E-state index in [1.165, 1.54) is 10.7 Å². The number of hydrogen-bond donors (Lipinski definition) is 1. The molecule has 0 aliphatic carbocycles. The second kappa shape index (κ2) is 5.19. The van der Waals surface area contributed by atoms with E-state index in [0.717, 1.165) is 11.3 Å². The lowest BCUT2D eigenvalue weighted by atomic mass is 10.4. The molecule has 100 valence electrons. The van der Waals surface area contributed by atoms with Crippen molar-refractivity contribution in [3.63, 3.8) is 0 Å². The Kier molecular flexibility index (Phi) is 3.61. The summed E-state index contributed by atoms with van der Waals surface area (Å²) in [5.74, 6) is -1.07. The van der Waals surface area contributed by atoms with Gasteiger partial charge in [0.25, 0.3) is 5.56 Å². The Morgan fingerprint density at radius 2 is 2.26 bits per heavy atom. The molecule has 0 fully saturated rings. The van der Waals surface area contributed by atoms with E-state index in [4.69, 9.17) is 5.11 Å². The second-order valence-corrected chi connectivity index (χ2v) is 4.91. The molecule has 0 amide bonds. The van der Waals surface area contributed by atoms with E-state index in [9.17, 15) is 9.59 Å². The van der Waals surface area contributed by atoms with Crippen LogP contribution >= 0.6 is 11.3 Å². The first-order valence-electron chi connectivity index (χ1n) is 5.39. The quantitative estimate of drug-likeness (QED) is 0.878. The molecule has 0 bridgehead atoms. The minimum atomic E-state index is -1.07. The highest BCUT2D eigenvalue weighted by Gasteiger charge is 2.10. The molecule has 8 heteroatoms. The predicted molar refractivity (Wildman–Crippen MR) is 71.0 cm³/mol. The molecule has 0 radical (unpaired) electrons. The standard InChI is InChI=1S/C11H12N4O3S/c1-14(2)8-3-9(16)15(12-4-8)5-7-6-19-10(13-7)11(17)18/h3-4,6H,5H2,1-2H3,(H,17,18). The fraction of sp³-hybridized carbons (Fsp3) is 0.273. The molecule has 1 N–H and O–H groups in total. The summed E-state index contributed by atoms with van der Waals surface area (Å²) in [6.45, 7) is 0.163. The largest absolute Gasteiger partial charge is 0.476 e. The maximum absolute atomic E-state index is 11.8. The van der Waals surface area contributed by atoms with Crippen LogP contribution in [-0.2, 0) is 6.54 Å². The lowest BCUT2D eigenvalue weighted by molar-refractivity contribution is 0.0696. The van der Waals surface area contributed by atoms with Crippen LogP contribution in [0.4, 0.5) is 5.69 Å². The molecular weight excluding hydrogens is 268 g/mol. The van der Waals surface area contributed by atoms with Gasteiger partial charge >= 0.3 is 5.97 Å². The molecule has 0 saturated heterocycles. The maximum Gasteiger partial charge on any atom is 0.365 e. The van der Waals surface area contributed by atoms with Gasteiger partial charge in [-0.15, -0.1) is 11.3 Å². The average Bonchev–Trinajstić information content (AvgIpc) is 2.80. The molecule has 0 saturated carbocycles. The van der Waals surface area contributed by atoms with Crippen molar-refractivity contribution in [2.24, 2.45) is 0 Å². The van der Waals surface area contributed by atoms with Crippen molar-refractivity contribution in [2.45, 2.75) is 6.54 Å². The molecule has 0 aliphatic heterocycles. The fourth-order valence-corrected chi connectivity index (χ4v) is 2.06. The predicted octanol–water partition coefficient (Wildman–Crippen LogP) is 0.512. The van der Waals surface area contributed by atoms with Gasteiger partial charge in [-0.25, -0.2) is 14.5 Å². The van der Waals surface area contributed by atoms with E-state index in [1.54, 1.807) is 16.5 Å². The molecule has 0 spiro atoms. The molecular formula is C11H12N4O3S. The van der Waals surface area contributed by atoms with Gasteiger partial charge < -0.3 is 10.0 Å². The summed E-state index contributed by atoms with van der Waals surface area (Å²) in [4.78, 5) is 28.2. The number of hydrogen-bond acceptors (Lipinski definition) is 6. The third kappa shape index (κ3) is 2.97. The van der Waals surface area contributed by atoms with E-state index >= 15 is 0 Å². The highest BCUT2D eigenvalue weighted by molar-refractivity contribution is 7.11. The SMILES string of the molecule is CN(C)c1cnn(Cc2csc(C(=O)O)n2)c(=O)c1. The molecule has 0 aliphatic rings. The van der Waals surface area contributed by atoms with Gasteiger partial charge in [-0.1, -0.05) is 0 Å². The van der Waals surface area contributed by atoms with Gasteiger partial charge in [-0.3, -0.25) is 4.79 Å².